The Labute approximate surface area is 236 Å². The van der Waals surface area contributed by atoms with Crippen molar-refractivity contribution in [3.63, 3.8) is 0 Å². The van der Waals surface area contributed by atoms with Gasteiger partial charge in [-0.15, -0.1) is 0 Å². The van der Waals surface area contributed by atoms with E-state index in [9.17, 15) is 17.6 Å². The second kappa shape index (κ2) is 12.9. The van der Waals surface area contributed by atoms with Crippen molar-refractivity contribution in [2.45, 2.75) is 69.1 Å². The van der Waals surface area contributed by atoms with E-state index in [-0.39, 0.29) is 34.5 Å². The fourth-order valence-electron chi connectivity index (χ4n) is 4.75. The fourth-order valence-corrected chi connectivity index (χ4v) is 6.05. The number of methoxy groups -OCH3 is 1. The SMILES string of the molecule is CCOC(=O)CC(CC1CC1)c1cccc(OCc2ccc(-c3cc(OC)ccc3F)c(S(=O)(=O)C(C)C)c2)c1. The molecule has 4 rings (SSSR count). The maximum Gasteiger partial charge on any atom is 0.306 e. The Kier molecular flexibility index (Phi) is 9.51. The summed E-state index contributed by atoms with van der Waals surface area (Å²) in [5.74, 6) is 1.00. The molecule has 0 amide bonds. The minimum absolute atomic E-state index is 0.0448. The number of hydrogen-bond acceptors (Lipinski definition) is 6. The molecule has 1 aliphatic rings. The molecule has 1 unspecified atom stereocenters. The zero-order chi connectivity index (χ0) is 28.9. The van der Waals surface area contributed by atoms with E-state index in [1.54, 1.807) is 39.0 Å². The topological polar surface area (TPSA) is 78.9 Å². The molecular weight excluding hydrogens is 531 g/mol. The van der Waals surface area contributed by atoms with Gasteiger partial charge in [-0.2, -0.15) is 0 Å². The second-order valence-corrected chi connectivity index (χ2v) is 13.0. The summed E-state index contributed by atoms with van der Waals surface area (Å²) in [6.07, 6.45) is 3.63. The molecule has 1 saturated carbocycles. The van der Waals surface area contributed by atoms with Gasteiger partial charge in [-0.1, -0.05) is 37.1 Å². The van der Waals surface area contributed by atoms with Crippen molar-refractivity contribution in [2.75, 3.05) is 13.7 Å². The molecule has 3 aromatic rings. The molecule has 1 aliphatic carbocycles. The van der Waals surface area contributed by atoms with E-state index in [0.29, 0.717) is 36.0 Å². The van der Waals surface area contributed by atoms with Crippen LogP contribution in [-0.4, -0.2) is 33.4 Å². The van der Waals surface area contributed by atoms with Crippen LogP contribution < -0.4 is 9.47 Å². The molecule has 0 aliphatic heterocycles. The Bertz CT molecular complexity index is 1450. The van der Waals surface area contributed by atoms with Crippen LogP contribution in [0.4, 0.5) is 4.39 Å². The van der Waals surface area contributed by atoms with Gasteiger partial charge in [-0.05, 0) is 86.6 Å². The van der Waals surface area contributed by atoms with Crippen molar-refractivity contribution in [3.05, 3.63) is 77.6 Å². The summed E-state index contributed by atoms with van der Waals surface area (Å²) in [6.45, 7) is 5.49. The Balaban J connectivity index is 1.60. The number of ether oxygens (including phenoxy) is 3. The van der Waals surface area contributed by atoms with Gasteiger partial charge in [0.25, 0.3) is 0 Å². The smallest absolute Gasteiger partial charge is 0.306 e. The molecular formula is C32H37FO6S. The lowest BCUT2D eigenvalue weighted by Gasteiger charge is -2.18. The first-order valence-corrected chi connectivity index (χ1v) is 15.3. The van der Waals surface area contributed by atoms with Crippen molar-refractivity contribution < 1.29 is 31.8 Å². The van der Waals surface area contributed by atoms with Crippen molar-refractivity contribution in [2.24, 2.45) is 5.92 Å². The molecule has 0 N–H and O–H groups in total. The van der Waals surface area contributed by atoms with Gasteiger partial charge in [-0.3, -0.25) is 4.79 Å². The van der Waals surface area contributed by atoms with E-state index in [4.69, 9.17) is 14.2 Å². The van der Waals surface area contributed by atoms with Gasteiger partial charge in [-0.25, -0.2) is 12.8 Å². The molecule has 40 heavy (non-hydrogen) atoms. The van der Waals surface area contributed by atoms with E-state index in [1.807, 2.05) is 24.3 Å². The molecule has 0 radical (unpaired) electrons. The largest absolute Gasteiger partial charge is 0.497 e. The summed E-state index contributed by atoms with van der Waals surface area (Å²) in [6, 6.07) is 16.9. The number of carbonyl (C=O) groups is 1. The van der Waals surface area contributed by atoms with Gasteiger partial charge >= 0.3 is 5.97 Å². The summed E-state index contributed by atoms with van der Waals surface area (Å²) in [5, 5.41) is -0.699. The van der Waals surface area contributed by atoms with Crippen LogP contribution >= 0.6 is 0 Å². The quantitative estimate of drug-likeness (QED) is 0.205. The average Bonchev–Trinajstić information content (AvgIpc) is 3.76. The lowest BCUT2D eigenvalue weighted by Crippen LogP contribution is -2.16. The monoisotopic (exact) mass is 568 g/mol. The standard InChI is InChI=1S/C32H37FO6S/c1-5-38-32(34)18-25(15-22-9-10-22)24-7-6-8-27(17-24)39-20-23-11-13-28(31(16-23)40(35,36)21(2)3)29-19-26(37-4)12-14-30(29)33/h6-8,11-14,16-17,19,21-22,25H,5,9-10,15,18,20H2,1-4H3. The predicted molar refractivity (Wildman–Crippen MR) is 153 cm³/mol. The van der Waals surface area contributed by atoms with Crippen LogP contribution in [0.5, 0.6) is 11.5 Å². The first-order valence-electron chi connectivity index (χ1n) is 13.7. The average molecular weight is 569 g/mol. The molecule has 0 aromatic heterocycles. The Morgan fingerprint density at radius 1 is 1.00 bits per heavy atom. The summed E-state index contributed by atoms with van der Waals surface area (Å²) < 4.78 is 58.0. The van der Waals surface area contributed by atoms with Crippen LogP contribution in [0.2, 0.25) is 0 Å². The van der Waals surface area contributed by atoms with E-state index in [1.165, 1.54) is 38.2 Å². The third-order valence-corrected chi connectivity index (χ3v) is 9.40. The molecule has 214 valence electrons. The third kappa shape index (κ3) is 7.22. The number of hydrogen-bond donors (Lipinski definition) is 0. The molecule has 8 heteroatoms. The first-order chi connectivity index (χ1) is 19.1. The highest BCUT2D eigenvalue weighted by Crippen LogP contribution is 2.41. The van der Waals surface area contributed by atoms with Gasteiger partial charge in [0, 0.05) is 11.1 Å². The van der Waals surface area contributed by atoms with Crippen LogP contribution in [0.3, 0.4) is 0 Å². The van der Waals surface area contributed by atoms with Crippen molar-refractivity contribution >= 4 is 15.8 Å². The van der Waals surface area contributed by atoms with E-state index < -0.39 is 20.9 Å². The maximum absolute atomic E-state index is 14.8. The number of halogens is 1. The maximum atomic E-state index is 14.8. The minimum Gasteiger partial charge on any atom is -0.497 e. The Morgan fingerprint density at radius 3 is 2.45 bits per heavy atom. The molecule has 6 nitrogen and oxygen atoms in total. The summed E-state index contributed by atoms with van der Waals surface area (Å²) in [4.78, 5) is 12.3. The van der Waals surface area contributed by atoms with Crippen molar-refractivity contribution in [3.8, 4) is 22.6 Å². The lowest BCUT2D eigenvalue weighted by atomic mass is 9.90. The van der Waals surface area contributed by atoms with E-state index in [2.05, 4.69) is 0 Å². The Morgan fingerprint density at radius 2 is 1.77 bits per heavy atom. The van der Waals surface area contributed by atoms with Crippen molar-refractivity contribution in [1.82, 2.24) is 0 Å². The third-order valence-electron chi connectivity index (χ3n) is 7.21. The fraction of sp³-hybridized carbons (Fsp3) is 0.406. The highest BCUT2D eigenvalue weighted by atomic mass is 32.2. The van der Waals surface area contributed by atoms with Gasteiger partial charge in [0.15, 0.2) is 9.84 Å². The van der Waals surface area contributed by atoms with Gasteiger partial charge < -0.3 is 14.2 Å². The molecule has 1 atom stereocenters. The van der Waals surface area contributed by atoms with Crippen LogP contribution in [0.25, 0.3) is 11.1 Å². The summed E-state index contributed by atoms with van der Waals surface area (Å²) >= 11 is 0. The van der Waals surface area contributed by atoms with Crippen LogP contribution in [0, 0.1) is 11.7 Å². The predicted octanol–water partition coefficient (Wildman–Crippen LogP) is 7.10. The number of rotatable bonds is 13. The zero-order valence-electron chi connectivity index (χ0n) is 23.5. The summed E-state index contributed by atoms with van der Waals surface area (Å²) in [7, 11) is -2.27. The second-order valence-electron chi connectivity index (χ2n) is 10.5. The highest BCUT2D eigenvalue weighted by molar-refractivity contribution is 7.92. The zero-order valence-corrected chi connectivity index (χ0v) is 24.3. The molecule has 0 spiro atoms. The van der Waals surface area contributed by atoms with Gasteiger partial charge in [0.2, 0.25) is 0 Å². The minimum atomic E-state index is -3.74. The number of carbonyl (C=O) groups excluding carboxylic acids is 1. The van der Waals surface area contributed by atoms with Gasteiger partial charge in [0.1, 0.15) is 23.9 Å². The molecule has 3 aromatic carbocycles. The molecule has 0 saturated heterocycles. The Hall–Kier alpha value is -3.39. The first kappa shape index (κ1) is 29.6. The van der Waals surface area contributed by atoms with E-state index in [0.717, 1.165) is 12.0 Å². The van der Waals surface area contributed by atoms with Gasteiger partial charge in [0.05, 0.1) is 30.3 Å². The van der Waals surface area contributed by atoms with Crippen LogP contribution in [-0.2, 0) is 26.0 Å². The highest BCUT2D eigenvalue weighted by Gasteiger charge is 2.29. The van der Waals surface area contributed by atoms with Crippen LogP contribution in [0.1, 0.15) is 63.5 Å². The normalized spacial score (nSPS) is 14.2. The summed E-state index contributed by atoms with van der Waals surface area (Å²) in [5.41, 5.74) is 2.09. The number of sulfone groups is 1. The molecule has 0 bridgehead atoms. The number of esters is 1. The number of benzene rings is 3. The molecule has 1 fully saturated rings. The van der Waals surface area contributed by atoms with Crippen LogP contribution in [0.15, 0.2) is 65.6 Å². The van der Waals surface area contributed by atoms with Crippen molar-refractivity contribution in [1.29, 1.82) is 0 Å². The lowest BCUT2D eigenvalue weighted by molar-refractivity contribution is -0.143. The molecule has 0 heterocycles. The van der Waals surface area contributed by atoms with E-state index >= 15 is 0 Å².